The van der Waals surface area contributed by atoms with Gasteiger partial charge in [-0.05, 0) is 40.8 Å². The molecule has 36 heavy (non-hydrogen) atoms. The summed E-state index contributed by atoms with van der Waals surface area (Å²) in [5.74, 6) is 0.737. The van der Waals surface area contributed by atoms with Crippen LogP contribution in [0.5, 0.6) is 5.75 Å². The third-order valence-electron chi connectivity index (χ3n) is 5.59. The first kappa shape index (κ1) is 25.4. The molecule has 0 saturated carbocycles. The fourth-order valence-corrected chi connectivity index (χ4v) is 4.30. The zero-order valence-electron chi connectivity index (χ0n) is 19.8. The van der Waals surface area contributed by atoms with Gasteiger partial charge in [-0.2, -0.15) is 0 Å². The van der Waals surface area contributed by atoms with Crippen LogP contribution >= 0.6 is 11.8 Å². The predicted molar refractivity (Wildman–Crippen MR) is 137 cm³/mol. The van der Waals surface area contributed by atoms with Gasteiger partial charge in [0.15, 0.2) is 6.61 Å². The maximum absolute atomic E-state index is 11.0. The number of carbonyl (C=O) groups is 1. The zero-order chi connectivity index (χ0) is 25.3. The minimum atomic E-state index is -1.08. The lowest BCUT2D eigenvalue weighted by atomic mass is 10.00. The van der Waals surface area contributed by atoms with Crippen LogP contribution in [0.3, 0.4) is 0 Å². The molecule has 4 rings (SSSR count). The molecule has 3 aromatic carbocycles. The number of hydrogen-bond donors (Lipinski definition) is 3. The van der Waals surface area contributed by atoms with Crippen LogP contribution in [0.1, 0.15) is 22.6 Å². The molecule has 3 N–H and O–H groups in total. The summed E-state index contributed by atoms with van der Waals surface area (Å²) in [5.41, 5.74) is 5.28. The Bertz CT molecular complexity index is 1280. The number of nitrogens with zero attached hydrogens (tertiary/aromatic N) is 2. The number of carboxylic acids is 1. The van der Waals surface area contributed by atoms with Crippen LogP contribution in [0, 0.1) is 6.92 Å². The quantitative estimate of drug-likeness (QED) is 0.240. The molecule has 186 valence electrons. The van der Waals surface area contributed by atoms with E-state index in [0.29, 0.717) is 23.4 Å². The van der Waals surface area contributed by atoms with Crippen molar-refractivity contribution in [2.75, 3.05) is 6.61 Å². The third kappa shape index (κ3) is 6.72. The second-order valence-corrected chi connectivity index (χ2v) is 9.03. The van der Waals surface area contributed by atoms with Gasteiger partial charge in [0.1, 0.15) is 11.8 Å². The van der Waals surface area contributed by atoms with E-state index in [-0.39, 0.29) is 6.61 Å². The van der Waals surface area contributed by atoms with Crippen molar-refractivity contribution in [2.24, 2.45) is 0 Å². The van der Waals surface area contributed by atoms with Gasteiger partial charge in [-0.1, -0.05) is 78.5 Å². The van der Waals surface area contributed by atoms with E-state index in [1.54, 1.807) is 0 Å². The van der Waals surface area contributed by atoms with Crippen molar-refractivity contribution in [2.45, 2.75) is 37.1 Å². The van der Waals surface area contributed by atoms with Crippen LogP contribution in [0.25, 0.3) is 11.1 Å². The Morgan fingerprint density at radius 2 is 1.78 bits per heavy atom. The lowest BCUT2D eigenvalue weighted by Crippen LogP contribution is -2.39. The number of carboxylic acid groups (broad SMARTS) is 1. The fraction of sp³-hybridized carbons (Fsp3) is 0.222. The summed E-state index contributed by atoms with van der Waals surface area (Å²) >= 11 is 1.43. The van der Waals surface area contributed by atoms with Crippen molar-refractivity contribution in [3.05, 3.63) is 95.4 Å². The highest BCUT2D eigenvalue weighted by atomic mass is 32.2. The summed E-state index contributed by atoms with van der Waals surface area (Å²) < 4.78 is 11.7. The van der Waals surface area contributed by atoms with Gasteiger partial charge in [-0.25, -0.2) is 0 Å². The van der Waals surface area contributed by atoms with Gasteiger partial charge in [0.25, 0.3) is 11.1 Å². The minimum Gasteiger partial charge on any atom is -0.484 e. The van der Waals surface area contributed by atoms with Crippen LogP contribution < -0.4 is 10.1 Å². The van der Waals surface area contributed by atoms with Crippen molar-refractivity contribution < 1.29 is 24.2 Å². The Kier molecular flexibility index (Phi) is 8.72. The molecule has 0 aliphatic heterocycles. The standard InChI is InChI=1S/C27H27N3O5S/c1-18-22(21-6-3-2-4-7-21)8-5-9-24(18)34-16-25-29-30-27(35-25)36-17-20-12-10-19(11-13-20)14-28-23(15-31)26(32)33/h2-13,23,28,31H,14-17H2,1H3,(H,32,33)/t23-/m1/s1. The molecule has 0 amide bonds. The Hall–Kier alpha value is -3.66. The number of nitrogens with one attached hydrogen (secondary N) is 1. The zero-order valence-corrected chi connectivity index (χ0v) is 20.6. The summed E-state index contributed by atoms with van der Waals surface area (Å²) in [5, 5.41) is 29.5. The maximum atomic E-state index is 11.0. The molecule has 1 heterocycles. The summed E-state index contributed by atoms with van der Waals surface area (Å²) in [6.45, 7) is 2.11. The maximum Gasteiger partial charge on any atom is 0.323 e. The fourth-order valence-electron chi connectivity index (χ4n) is 3.57. The summed E-state index contributed by atoms with van der Waals surface area (Å²) in [6, 6.07) is 22.9. The molecule has 4 aromatic rings. The highest BCUT2D eigenvalue weighted by molar-refractivity contribution is 7.98. The average Bonchev–Trinajstić information content (AvgIpc) is 3.36. The molecule has 0 aliphatic rings. The first-order valence-electron chi connectivity index (χ1n) is 11.4. The summed E-state index contributed by atoms with van der Waals surface area (Å²) in [7, 11) is 0. The molecule has 1 atom stereocenters. The molecule has 9 heteroatoms. The highest BCUT2D eigenvalue weighted by Gasteiger charge is 2.15. The molecular weight excluding hydrogens is 478 g/mol. The lowest BCUT2D eigenvalue weighted by molar-refractivity contribution is -0.140. The van der Waals surface area contributed by atoms with E-state index < -0.39 is 18.6 Å². The van der Waals surface area contributed by atoms with Gasteiger partial charge in [-0.15, -0.1) is 10.2 Å². The second kappa shape index (κ2) is 12.3. The van der Waals surface area contributed by atoms with E-state index in [9.17, 15) is 4.79 Å². The number of aliphatic carboxylic acids is 1. The third-order valence-corrected chi connectivity index (χ3v) is 6.48. The molecule has 0 saturated heterocycles. The number of aliphatic hydroxyl groups excluding tert-OH is 1. The van der Waals surface area contributed by atoms with Crippen molar-refractivity contribution >= 4 is 17.7 Å². The van der Waals surface area contributed by atoms with Gasteiger partial charge < -0.3 is 19.4 Å². The van der Waals surface area contributed by atoms with Crippen molar-refractivity contribution in [3.63, 3.8) is 0 Å². The van der Waals surface area contributed by atoms with Gasteiger partial charge in [0.05, 0.1) is 6.61 Å². The molecule has 0 aliphatic carbocycles. The number of aromatic nitrogens is 2. The van der Waals surface area contributed by atoms with Crippen LogP contribution in [0.4, 0.5) is 0 Å². The Labute approximate surface area is 213 Å². The molecule has 0 unspecified atom stereocenters. The minimum absolute atomic E-state index is 0.180. The predicted octanol–water partition coefficient (Wildman–Crippen LogP) is 4.45. The van der Waals surface area contributed by atoms with Gasteiger partial charge in [-0.3, -0.25) is 10.1 Å². The lowest BCUT2D eigenvalue weighted by Gasteiger charge is -2.12. The molecule has 1 aromatic heterocycles. The van der Waals surface area contributed by atoms with E-state index in [2.05, 4.69) is 33.7 Å². The van der Waals surface area contributed by atoms with Crippen LogP contribution in [-0.2, 0) is 23.7 Å². The van der Waals surface area contributed by atoms with Crippen LogP contribution in [0.2, 0.25) is 0 Å². The normalized spacial score (nSPS) is 11.8. The van der Waals surface area contributed by atoms with Gasteiger partial charge in [0.2, 0.25) is 0 Å². The Balaban J connectivity index is 1.28. The van der Waals surface area contributed by atoms with E-state index in [1.165, 1.54) is 11.8 Å². The molecule has 0 fully saturated rings. The molecule has 0 radical (unpaired) electrons. The second-order valence-electron chi connectivity index (χ2n) is 8.10. The molecule has 8 nitrogen and oxygen atoms in total. The first-order valence-corrected chi connectivity index (χ1v) is 12.4. The van der Waals surface area contributed by atoms with E-state index in [0.717, 1.165) is 33.6 Å². The summed E-state index contributed by atoms with van der Waals surface area (Å²) in [4.78, 5) is 11.0. The molecule has 0 bridgehead atoms. The number of rotatable bonds is 12. The van der Waals surface area contributed by atoms with E-state index >= 15 is 0 Å². The van der Waals surface area contributed by atoms with Gasteiger partial charge in [0, 0.05) is 12.3 Å². The van der Waals surface area contributed by atoms with Crippen LogP contribution in [-0.4, -0.2) is 39.0 Å². The average molecular weight is 506 g/mol. The van der Waals surface area contributed by atoms with Crippen molar-refractivity contribution in [3.8, 4) is 16.9 Å². The van der Waals surface area contributed by atoms with E-state index in [1.807, 2.05) is 61.5 Å². The number of thioether (sulfide) groups is 1. The smallest absolute Gasteiger partial charge is 0.323 e. The topological polar surface area (TPSA) is 118 Å². The number of aliphatic hydroxyl groups is 1. The Morgan fingerprint density at radius 3 is 2.50 bits per heavy atom. The molecule has 0 spiro atoms. The monoisotopic (exact) mass is 505 g/mol. The summed E-state index contributed by atoms with van der Waals surface area (Å²) in [6.07, 6.45) is 0. The number of benzene rings is 3. The SMILES string of the molecule is Cc1c(OCc2nnc(SCc3ccc(CN[C@H](CO)C(=O)O)cc3)o2)cccc1-c1ccccc1. The number of hydrogen-bond acceptors (Lipinski definition) is 8. The largest absolute Gasteiger partial charge is 0.484 e. The van der Waals surface area contributed by atoms with Crippen molar-refractivity contribution in [1.29, 1.82) is 0 Å². The van der Waals surface area contributed by atoms with Gasteiger partial charge >= 0.3 is 5.97 Å². The van der Waals surface area contributed by atoms with Crippen molar-refractivity contribution in [1.82, 2.24) is 15.5 Å². The Morgan fingerprint density at radius 1 is 1.03 bits per heavy atom. The van der Waals surface area contributed by atoms with E-state index in [4.69, 9.17) is 19.4 Å². The number of ether oxygens (including phenoxy) is 1. The molecular formula is C27H27N3O5S. The van der Waals surface area contributed by atoms with Crippen LogP contribution in [0.15, 0.2) is 82.4 Å². The first-order chi connectivity index (χ1) is 17.5. The highest BCUT2D eigenvalue weighted by Crippen LogP contribution is 2.30.